The SMILES string of the molecule is CC(=O)N1CCN(C(=O)/C=C/C2=CC(c3ccc4c(c3)OCCO4)(C(F)(F)F)C(SC3C=CC(/C=C/C(=O)N4CCN(C(C)=O)CC4)=CC3(c3ccc4c(c3)OCCO4)C(F)(F)F)C=C2)CC1. The van der Waals surface area contributed by atoms with Crippen LogP contribution >= 0.6 is 11.8 Å². The molecule has 0 aromatic heterocycles. The Balaban J connectivity index is 1.19. The number of thioether (sulfide) groups is 1. The van der Waals surface area contributed by atoms with E-state index < -0.39 is 45.5 Å². The molecule has 67 heavy (non-hydrogen) atoms. The largest absolute Gasteiger partial charge is 0.486 e. The van der Waals surface area contributed by atoms with E-state index in [0.717, 1.165) is 24.3 Å². The van der Waals surface area contributed by atoms with E-state index in [9.17, 15) is 19.2 Å². The van der Waals surface area contributed by atoms with Gasteiger partial charge in [-0.05, 0) is 58.7 Å². The van der Waals surface area contributed by atoms with Crippen LogP contribution in [0, 0.1) is 0 Å². The summed E-state index contributed by atoms with van der Waals surface area (Å²) in [7, 11) is 0. The van der Waals surface area contributed by atoms with Crippen molar-refractivity contribution in [3.8, 4) is 23.0 Å². The first-order valence-electron chi connectivity index (χ1n) is 21.8. The van der Waals surface area contributed by atoms with Crippen LogP contribution in [0.3, 0.4) is 0 Å². The molecule has 6 aliphatic rings. The molecule has 4 atom stereocenters. The van der Waals surface area contributed by atoms with Crippen molar-refractivity contribution in [1.82, 2.24) is 19.6 Å². The average Bonchev–Trinajstić information content (AvgIpc) is 3.32. The Bertz CT molecular complexity index is 2300. The smallest absolute Gasteiger partial charge is 0.403 e. The lowest BCUT2D eigenvalue weighted by Crippen LogP contribution is -2.54. The molecule has 0 bridgehead atoms. The molecule has 4 amide bonds. The van der Waals surface area contributed by atoms with Crippen LogP contribution < -0.4 is 18.9 Å². The summed E-state index contributed by atoms with van der Waals surface area (Å²) in [5, 5.41) is -3.51. The lowest BCUT2D eigenvalue weighted by molar-refractivity contribution is -0.175. The van der Waals surface area contributed by atoms with Gasteiger partial charge in [-0.3, -0.25) is 19.2 Å². The van der Waals surface area contributed by atoms with E-state index >= 15 is 26.3 Å². The summed E-state index contributed by atoms with van der Waals surface area (Å²) in [6.45, 7) is 5.36. The zero-order valence-electron chi connectivity index (χ0n) is 36.6. The normalized spacial score (nSPS) is 25.3. The molecule has 4 aliphatic heterocycles. The Kier molecular flexibility index (Phi) is 13.4. The molecule has 2 saturated heterocycles. The van der Waals surface area contributed by atoms with Gasteiger partial charge in [0.15, 0.2) is 23.0 Å². The Morgan fingerprint density at radius 2 is 0.896 bits per heavy atom. The number of nitrogens with zero attached hydrogens (tertiary/aromatic N) is 4. The number of amides is 4. The third kappa shape index (κ3) is 9.43. The molecule has 0 radical (unpaired) electrons. The van der Waals surface area contributed by atoms with Gasteiger partial charge >= 0.3 is 12.4 Å². The molecule has 2 fully saturated rings. The summed E-state index contributed by atoms with van der Waals surface area (Å²) in [5.74, 6) is -0.785. The maximum absolute atomic E-state index is 16.4. The number of hydrogen-bond donors (Lipinski definition) is 0. The first-order chi connectivity index (χ1) is 31.9. The van der Waals surface area contributed by atoms with Crippen molar-refractivity contribution < 1.29 is 64.5 Å². The van der Waals surface area contributed by atoms with Crippen molar-refractivity contribution in [3.05, 3.63) is 119 Å². The Labute approximate surface area is 387 Å². The van der Waals surface area contributed by atoms with Crippen molar-refractivity contribution in [2.24, 2.45) is 0 Å². The summed E-state index contributed by atoms with van der Waals surface area (Å²) >= 11 is 0.467. The molecular weight excluding hydrogens is 907 g/mol. The minimum absolute atomic E-state index is 0.0208. The number of carbonyl (C=O) groups is 4. The average molecular weight is 955 g/mol. The molecule has 0 N–H and O–H groups in total. The van der Waals surface area contributed by atoms with Gasteiger partial charge in [0.1, 0.15) is 37.3 Å². The van der Waals surface area contributed by atoms with Crippen LogP contribution in [0.2, 0.25) is 0 Å². The van der Waals surface area contributed by atoms with Crippen molar-refractivity contribution >= 4 is 35.4 Å². The van der Waals surface area contributed by atoms with Gasteiger partial charge in [0, 0.05) is 88.9 Å². The zero-order chi connectivity index (χ0) is 47.7. The second-order valence-corrected chi connectivity index (χ2v) is 18.1. The summed E-state index contributed by atoms with van der Waals surface area (Å²) < 4.78 is 121. The molecule has 0 spiro atoms. The van der Waals surface area contributed by atoms with Gasteiger partial charge in [-0.2, -0.15) is 26.3 Å². The molecule has 356 valence electrons. The number of allylic oxidation sites excluding steroid dienone is 8. The first-order valence-corrected chi connectivity index (χ1v) is 22.7. The lowest BCUT2D eigenvalue weighted by Gasteiger charge is -2.46. The summed E-state index contributed by atoms with van der Waals surface area (Å²) in [5.41, 5.74) is -6.71. The van der Waals surface area contributed by atoms with Gasteiger partial charge in [-0.25, -0.2) is 0 Å². The topological polar surface area (TPSA) is 118 Å². The summed E-state index contributed by atoms with van der Waals surface area (Å²) in [6, 6.07) is 7.51. The van der Waals surface area contributed by atoms with Crippen molar-refractivity contribution in [2.45, 2.75) is 47.5 Å². The maximum Gasteiger partial charge on any atom is 0.403 e. The summed E-state index contributed by atoms with van der Waals surface area (Å²) in [6.07, 6.45) is 1.50. The fraction of sp³-hybridized carbons (Fsp3) is 0.417. The van der Waals surface area contributed by atoms with Crippen LogP contribution in [0.4, 0.5) is 26.3 Å². The van der Waals surface area contributed by atoms with Gasteiger partial charge in [-0.15, -0.1) is 11.8 Å². The molecular formula is C48H48F6N4O8S. The van der Waals surface area contributed by atoms with Gasteiger partial charge in [-0.1, -0.05) is 48.6 Å². The van der Waals surface area contributed by atoms with E-state index in [0.29, 0.717) is 37.9 Å². The third-order valence-corrected chi connectivity index (χ3v) is 14.4. The maximum atomic E-state index is 16.4. The van der Waals surface area contributed by atoms with Crippen molar-refractivity contribution in [1.29, 1.82) is 0 Å². The second-order valence-electron chi connectivity index (χ2n) is 16.8. The van der Waals surface area contributed by atoms with E-state index in [2.05, 4.69) is 0 Å². The van der Waals surface area contributed by atoms with Crippen LogP contribution in [0.1, 0.15) is 25.0 Å². The number of piperazine rings is 2. The fourth-order valence-electron chi connectivity index (χ4n) is 9.10. The number of carbonyl (C=O) groups excluding carboxylic acids is 4. The fourth-order valence-corrected chi connectivity index (χ4v) is 10.9. The zero-order valence-corrected chi connectivity index (χ0v) is 37.4. The van der Waals surface area contributed by atoms with Gasteiger partial charge in [0.2, 0.25) is 23.6 Å². The number of fused-ring (bicyclic) bond motifs is 2. The predicted molar refractivity (Wildman–Crippen MR) is 236 cm³/mol. The minimum atomic E-state index is -5.15. The highest BCUT2D eigenvalue weighted by atomic mass is 32.2. The van der Waals surface area contributed by atoms with Crippen LogP contribution in [0.25, 0.3) is 0 Å². The lowest BCUT2D eigenvalue weighted by atomic mass is 9.72. The summed E-state index contributed by atoms with van der Waals surface area (Å²) in [4.78, 5) is 56.4. The highest BCUT2D eigenvalue weighted by Gasteiger charge is 2.64. The highest BCUT2D eigenvalue weighted by molar-refractivity contribution is 8.01. The molecule has 19 heteroatoms. The predicted octanol–water partition coefficient (Wildman–Crippen LogP) is 6.49. The first kappa shape index (κ1) is 47.4. The number of rotatable bonds is 8. The number of halogens is 6. The van der Waals surface area contributed by atoms with Crippen LogP contribution in [0.15, 0.2) is 108 Å². The minimum Gasteiger partial charge on any atom is -0.486 e. The van der Waals surface area contributed by atoms with E-state index in [1.807, 2.05) is 0 Å². The monoisotopic (exact) mass is 954 g/mol. The van der Waals surface area contributed by atoms with E-state index in [1.165, 1.54) is 96.5 Å². The Morgan fingerprint density at radius 1 is 0.552 bits per heavy atom. The van der Waals surface area contributed by atoms with Crippen LogP contribution in [-0.4, -0.2) is 145 Å². The number of benzene rings is 2. The molecule has 2 aromatic rings. The van der Waals surface area contributed by atoms with Gasteiger partial charge in [0.25, 0.3) is 0 Å². The van der Waals surface area contributed by atoms with E-state index in [-0.39, 0.29) is 110 Å². The van der Waals surface area contributed by atoms with Crippen LogP contribution in [-0.2, 0) is 30.0 Å². The number of hydrogen-bond acceptors (Lipinski definition) is 9. The van der Waals surface area contributed by atoms with Gasteiger partial charge in [0.05, 0.1) is 0 Å². The van der Waals surface area contributed by atoms with Crippen molar-refractivity contribution in [3.63, 3.8) is 0 Å². The molecule has 4 heterocycles. The number of ether oxygens (including phenoxy) is 4. The van der Waals surface area contributed by atoms with E-state index in [1.54, 1.807) is 9.80 Å². The molecule has 12 nitrogen and oxygen atoms in total. The Hall–Kier alpha value is -6.11. The standard InChI is InChI=1S/C48H48F6N4O8S/c1-31(59)55-15-19-57(20-16-55)43(61)13-5-33-3-11-41(45(29-33,47(49,50)51)35-7-9-37-39(27-35)65-25-23-63-37)67-42-12-4-34(6-14-44(62)58-21-17-56(18-22-58)32(2)60)30-46(42,48(52,53)54)36-8-10-38-40(28-36)66-26-24-64-38/h3-14,27-30,41-42H,15-26H2,1-2H3/b13-5+,14-6+. The molecule has 2 aliphatic carbocycles. The van der Waals surface area contributed by atoms with Gasteiger partial charge < -0.3 is 38.5 Å². The second kappa shape index (κ2) is 18.9. The highest BCUT2D eigenvalue weighted by Crippen LogP contribution is 2.59. The van der Waals surface area contributed by atoms with E-state index in [4.69, 9.17) is 18.9 Å². The molecule has 2 aromatic carbocycles. The molecule has 8 rings (SSSR count). The third-order valence-electron chi connectivity index (χ3n) is 12.8. The molecule has 0 saturated carbocycles. The van der Waals surface area contributed by atoms with Crippen molar-refractivity contribution in [2.75, 3.05) is 78.8 Å². The quantitative estimate of drug-likeness (QED) is 0.217. The van der Waals surface area contributed by atoms with Crippen LogP contribution in [0.5, 0.6) is 23.0 Å². The number of alkyl halides is 6. The Morgan fingerprint density at radius 3 is 1.24 bits per heavy atom. The molecule has 4 unspecified atom stereocenters.